The Bertz CT molecular complexity index is 434. The Morgan fingerprint density at radius 1 is 1.26 bits per heavy atom. The molecule has 1 heterocycles. The summed E-state index contributed by atoms with van der Waals surface area (Å²) in [6.07, 6.45) is 3.27. The molecular weight excluding hydrogens is 246 g/mol. The van der Waals surface area contributed by atoms with E-state index in [1.807, 2.05) is 13.8 Å². The summed E-state index contributed by atoms with van der Waals surface area (Å²) in [6, 6.07) is 3.79. The van der Waals surface area contributed by atoms with Crippen LogP contribution in [0.1, 0.15) is 44.7 Å². The van der Waals surface area contributed by atoms with Gasteiger partial charge < -0.3 is 5.73 Å². The summed E-state index contributed by atoms with van der Waals surface area (Å²) in [5, 5.41) is 0. The van der Waals surface area contributed by atoms with Crippen molar-refractivity contribution in [2.45, 2.75) is 51.2 Å². The molecule has 0 saturated carbocycles. The predicted molar refractivity (Wildman–Crippen MR) is 72.8 cm³/mol. The van der Waals surface area contributed by atoms with Gasteiger partial charge in [-0.3, -0.25) is 4.90 Å². The summed E-state index contributed by atoms with van der Waals surface area (Å²) < 4.78 is 27.2. The quantitative estimate of drug-likeness (QED) is 0.912. The molecule has 19 heavy (non-hydrogen) atoms. The molecule has 1 aromatic rings. The molecule has 1 saturated heterocycles. The van der Waals surface area contributed by atoms with Crippen LogP contribution in [0.3, 0.4) is 0 Å². The van der Waals surface area contributed by atoms with Gasteiger partial charge >= 0.3 is 0 Å². The Morgan fingerprint density at radius 2 is 2.00 bits per heavy atom. The lowest BCUT2D eigenvalue weighted by Gasteiger charge is -2.42. The molecular formula is C15H22F2N2. The van der Waals surface area contributed by atoms with Gasteiger partial charge in [-0.05, 0) is 51.4 Å². The molecule has 3 atom stereocenters. The highest BCUT2D eigenvalue weighted by atomic mass is 19.1. The second kappa shape index (κ2) is 5.97. The largest absolute Gasteiger partial charge is 0.327 e. The molecule has 1 aliphatic heterocycles. The van der Waals surface area contributed by atoms with Gasteiger partial charge in [0.05, 0.1) is 0 Å². The number of piperidine rings is 1. The van der Waals surface area contributed by atoms with Crippen LogP contribution in [0.25, 0.3) is 0 Å². The van der Waals surface area contributed by atoms with Crippen molar-refractivity contribution in [2.24, 2.45) is 5.73 Å². The van der Waals surface area contributed by atoms with Gasteiger partial charge in [-0.2, -0.15) is 0 Å². The lowest BCUT2D eigenvalue weighted by Crippen LogP contribution is -2.50. The first-order valence-corrected chi connectivity index (χ1v) is 6.97. The maximum atomic E-state index is 13.9. The van der Waals surface area contributed by atoms with E-state index >= 15 is 0 Å². The highest BCUT2D eigenvalue weighted by Gasteiger charge is 2.30. The van der Waals surface area contributed by atoms with E-state index in [4.69, 9.17) is 5.73 Å². The zero-order valence-corrected chi connectivity index (χ0v) is 11.6. The van der Waals surface area contributed by atoms with E-state index in [2.05, 4.69) is 4.90 Å². The van der Waals surface area contributed by atoms with E-state index in [-0.39, 0.29) is 23.9 Å². The van der Waals surface area contributed by atoms with Crippen LogP contribution in [0.2, 0.25) is 0 Å². The highest BCUT2D eigenvalue weighted by Crippen LogP contribution is 2.31. The SMILES string of the molecule is CC(N)C1CCCCN1C(C)c1cc(F)ccc1F. The highest BCUT2D eigenvalue weighted by molar-refractivity contribution is 5.22. The predicted octanol–water partition coefficient (Wildman–Crippen LogP) is 3.23. The Kier molecular flexibility index (Phi) is 4.53. The summed E-state index contributed by atoms with van der Waals surface area (Å²) in [6.45, 7) is 4.81. The smallest absolute Gasteiger partial charge is 0.128 e. The van der Waals surface area contributed by atoms with Crippen LogP contribution in [0.15, 0.2) is 18.2 Å². The Morgan fingerprint density at radius 3 is 2.68 bits per heavy atom. The molecule has 4 heteroatoms. The van der Waals surface area contributed by atoms with Crippen molar-refractivity contribution < 1.29 is 8.78 Å². The van der Waals surface area contributed by atoms with E-state index < -0.39 is 5.82 Å². The molecule has 1 fully saturated rings. The van der Waals surface area contributed by atoms with E-state index in [0.29, 0.717) is 5.56 Å². The molecule has 0 radical (unpaired) electrons. The van der Waals surface area contributed by atoms with E-state index in [9.17, 15) is 8.78 Å². The van der Waals surface area contributed by atoms with Crippen molar-refractivity contribution in [3.63, 3.8) is 0 Å². The number of hydrogen-bond acceptors (Lipinski definition) is 2. The van der Waals surface area contributed by atoms with Crippen molar-refractivity contribution in [1.82, 2.24) is 4.90 Å². The Labute approximate surface area is 113 Å². The molecule has 0 spiro atoms. The van der Waals surface area contributed by atoms with Crippen molar-refractivity contribution in [3.05, 3.63) is 35.4 Å². The molecule has 0 aromatic heterocycles. The fourth-order valence-electron chi connectivity index (χ4n) is 3.04. The van der Waals surface area contributed by atoms with Crippen molar-refractivity contribution in [3.8, 4) is 0 Å². The maximum Gasteiger partial charge on any atom is 0.128 e. The number of rotatable bonds is 3. The normalized spacial score (nSPS) is 24.2. The number of benzene rings is 1. The first kappa shape index (κ1) is 14.4. The number of likely N-dealkylation sites (tertiary alicyclic amines) is 1. The van der Waals surface area contributed by atoms with E-state index in [1.165, 1.54) is 12.1 Å². The molecule has 2 rings (SSSR count). The zero-order valence-electron chi connectivity index (χ0n) is 11.6. The summed E-state index contributed by atoms with van der Waals surface area (Å²) in [7, 11) is 0. The van der Waals surface area contributed by atoms with Crippen LogP contribution in [-0.4, -0.2) is 23.5 Å². The molecule has 0 aliphatic carbocycles. The fourth-order valence-corrected chi connectivity index (χ4v) is 3.04. The van der Waals surface area contributed by atoms with Gasteiger partial charge in [-0.15, -0.1) is 0 Å². The molecule has 1 aromatic carbocycles. The summed E-state index contributed by atoms with van der Waals surface area (Å²) in [5.41, 5.74) is 6.46. The first-order valence-electron chi connectivity index (χ1n) is 6.97. The van der Waals surface area contributed by atoms with Gasteiger partial charge in [0, 0.05) is 23.7 Å². The molecule has 0 bridgehead atoms. The lowest BCUT2D eigenvalue weighted by molar-refractivity contribution is 0.0871. The maximum absolute atomic E-state index is 13.9. The van der Waals surface area contributed by atoms with Crippen LogP contribution >= 0.6 is 0 Å². The minimum Gasteiger partial charge on any atom is -0.327 e. The number of nitrogens with zero attached hydrogens (tertiary/aromatic N) is 1. The summed E-state index contributed by atoms with van der Waals surface area (Å²) in [4.78, 5) is 2.21. The summed E-state index contributed by atoms with van der Waals surface area (Å²) >= 11 is 0. The van der Waals surface area contributed by atoms with Crippen molar-refractivity contribution in [1.29, 1.82) is 0 Å². The van der Waals surface area contributed by atoms with Crippen LogP contribution in [0.5, 0.6) is 0 Å². The van der Waals surface area contributed by atoms with Crippen LogP contribution in [0, 0.1) is 11.6 Å². The number of halogens is 2. The Balaban J connectivity index is 2.25. The van der Waals surface area contributed by atoms with Crippen molar-refractivity contribution in [2.75, 3.05) is 6.54 Å². The van der Waals surface area contributed by atoms with Crippen LogP contribution < -0.4 is 5.73 Å². The molecule has 2 N–H and O–H groups in total. The lowest BCUT2D eigenvalue weighted by atomic mass is 9.93. The van der Waals surface area contributed by atoms with Crippen LogP contribution in [0.4, 0.5) is 8.78 Å². The monoisotopic (exact) mass is 268 g/mol. The third kappa shape index (κ3) is 3.12. The standard InChI is InChI=1S/C15H22F2N2/c1-10(18)15-5-3-4-8-19(15)11(2)13-9-12(16)6-7-14(13)17/h6-7,9-11,15H,3-5,8,18H2,1-2H3. The number of nitrogens with two attached hydrogens (primary N) is 1. The molecule has 3 unspecified atom stereocenters. The average Bonchev–Trinajstić information content (AvgIpc) is 2.40. The minimum absolute atomic E-state index is 0.0411. The molecule has 106 valence electrons. The molecule has 1 aliphatic rings. The van der Waals surface area contributed by atoms with Crippen LogP contribution in [-0.2, 0) is 0 Å². The Hall–Kier alpha value is -1.00. The average molecular weight is 268 g/mol. The van der Waals surface area contributed by atoms with Crippen molar-refractivity contribution >= 4 is 0 Å². The van der Waals surface area contributed by atoms with Gasteiger partial charge in [0.1, 0.15) is 11.6 Å². The van der Waals surface area contributed by atoms with E-state index in [0.717, 1.165) is 31.9 Å². The molecule has 2 nitrogen and oxygen atoms in total. The van der Waals surface area contributed by atoms with Gasteiger partial charge in [-0.1, -0.05) is 6.42 Å². The van der Waals surface area contributed by atoms with Gasteiger partial charge in [-0.25, -0.2) is 8.78 Å². The fraction of sp³-hybridized carbons (Fsp3) is 0.600. The third-order valence-corrected chi connectivity index (χ3v) is 4.10. The third-order valence-electron chi connectivity index (χ3n) is 4.10. The van der Waals surface area contributed by atoms with Gasteiger partial charge in [0.2, 0.25) is 0 Å². The number of hydrogen-bond donors (Lipinski definition) is 1. The zero-order chi connectivity index (χ0) is 14.0. The second-order valence-corrected chi connectivity index (χ2v) is 5.50. The second-order valence-electron chi connectivity index (χ2n) is 5.50. The first-order chi connectivity index (χ1) is 9.00. The van der Waals surface area contributed by atoms with Gasteiger partial charge in [0.15, 0.2) is 0 Å². The molecule has 0 amide bonds. The summed E-state index contributed by atoms with van der Waals surface area (Å²) in [5.74, 6) is -0.736. The minimum atomic E-state index is -0.391. The topological polar surface area (TPSA) is 29.3 Å². The van der Waals surface area contributed by atoms with Gasteiger partial charge in [0.25, 0.3) is 0 Å². The van der Waals surface area contributed by atoms with E-state index in [1.54, 1.807) is 0 Å².